The molecule has 0 saturated carbocycles. The lowest BCUT2D eigenvalue weighted by molar-refractivity contribution is 0.168. The second-order valence-electron chi connectivity index (χ2n) is 5.25. The summed E-state index contributed by atoms with van der Waals surface area (Å²) in [5.41, 5.74) is 0.0681. The van der Waals surface area contributed by atoms with Gasteiger partial charge in [0.25, 0.3) is 0 Å². The van der Waals surface area contributed by atoms with Crippen molar-refractivity contribution in [1.82, 2.24) is 4.98 Å². The molecule has 0 unspecified atom stereocenters. The van der Waals surface area contributed by atoms with Crippen molar-refractivity contribution in [2.75, 3.05) is 11.9 Å². The molecule has 1 aromatic heterocycles. The molecule has 0 aliphatic heterocycles. The zero-order valence-electron chi connectivity index (χ0n) is 13.2. The monoisotopic (exact) mass is 344 g/mol. The topological polar surface area (TPSA) is 71.2 Å². The lowest BCUT2D eigenvalue weighted by Crippen LogP contribution is -2.15. The zero-order valence-corrected chi connectivity index (χ0v) is 13.2. The first-order chi connectivity index (χ1) is 12.0. The van der Waals surface area contributed by atoms with Crippen LogP contribution in [0.4, 0.5) is 19.3 Å². The maximum atomic E-state index is 14.4. The van der Waals surface area contributed by atoms with E-state index in [1.807, 2.05) is 0 Å². The van der Waals surface area contributed by atoms with Crippen LogP contribution >= 0.6 is 0 Å². The molecule has 1 heterocycles. The van der Waals surface area contributed by atoms with Gasteiger partial charge in [-0.15, -0.1) is 0 Å². The maximum Gasteiger partial charge on any atom is 0.411 e. The average Bonchev–Trinajstić information content (AvgIpc) is 2.54. The number of carbonyl (C=O) groups is 1. The summed E-state index contributed by atoms with van der Waals surface area (Å²) in [6, 6.07) is 8.97. The van der Waals surface area contributed by atoms with Crippen LogP contribution in [0.2, 0.25) is 0 Å². The van der Waals surface area contributed by atoms with E-state index >= 15 is 0 Å². The number of halogens is 2. The zero-order chi connectivity index (χ0) is 18.0. The number of nitrogens with one attached hydrogen (secondary N) is 2. The molecule has 2 N–H and O–H groups in total. The van der Waals surface area contributed by atoms with Crippen LogP contribution in [-0.2, 0) is 4.74 Å². The van der Waals surface area contributed by atoms with E-state index in [2.05, 4.69) is 10.3 Å². The van der Waals surface area contributed by atoms with Crippen LogP contribution in [0.3, 0.4) is 0 Å². The SMILES string of the molecule is CCOC(=O)Nc1cccc(F)c1-c1cc(=O)c2ccc(F)cc2[nH]1. The number of benzene rings is 2. The summed E-state index contributed by atoms with van der Waals surface area (Å²) in [7, 11) is 0. The Bertz CT molecular complexity index is 1010. The molecule has 0 aliphatic rings. The van der Waals surface area contributed by atoms with Gasteiger partial charge in [-0.3, -0.25) is 10.1 Å². The number of pyridine rings is 1. The number of fused-ring (bicyclic) bond motifs is 1. The highest BCUT2D eigenvalue weighted by molar-refractivity contribution is 5.92. The van der Waals surface area contributed by atoms with E-state index in [9.17, 15) is 18.4 Å². The molecule has 3 aromatic rings. The molecule has 1 amide bonds. The third-order valence-corrected chi connectivity index (χ3v) is 3.59. The number of carbonyl (C=O) groups excluding carboxylic acids is 1. The first-order valence-corrected chi connectivity index (χ1v) is 7.55. The fraction of sp³-hybridized carbons (Fsp3) is 0.111. The predicted molar refractivity (Wildman–Crippen MR) is 90.6 cm³/mol. The molecule has 7 heteroatoms. The summed E-state index contributed by atoms with van der Waals surface area (Å²) in [6.07, 6.45) is -0.747. The largest absolute Gasteiger partial charge is 0.450 e. The van der Waals surface area contributed by atoms with Gasteiger partial charge >= 0.3 is 6.09 Å². The first kappa shape index (κ1) is 16.6. The second kappa shape index (κ2) is 6.72. The van der Waals surface area contributed by atoms with Crippen molar-refractivity contribution in [3.63, 3.8) is 0 Å². The number of anilines is 1. The lowest BCUT2D eigenvalue weighted by Gasteiger charge is -2.13. The summed E-state index contributed by atoms with van der Waals surface area (Å²) >= 11 is 0. The van der Waals surface area contributed by atoms with Crippen molar-refractivity contribution >= 4 is 22.7 Å². The number of H-pyrrole nitrogens is 1. The van der Waals surface area contributed by atoms with Gasteiger partial charge in [0.15, 0.2) is 5.43 Å². The van der Waals surface area contributed by atoms with Gasteiger partial charge < -0.3 is 9.72 Å². The Labute approximate surface area is 141 Å². The van der Waals surface area contributed by atoms with Crippen molar-refractivity contribution in [2.45, 2.75) is 6.92 Å². The molecular formula is C18H14F2N2O3. The molecule has 3 rings (SSSR count). The van der Waals surface area contributed by atoms with E-state index in [0.717, 1.165) is 6.07 Å². The minimum Gasteiger partial charge on any atom is -0.450 e. The van der Waals surface area contributed by atoms with Crippen LogP contribution in [0, 0.1) is 11.6 Å². The van der Waals surface area contributed by atoms with Crippen molar-refractivity contribution < 1.29 is 18.3 Å². The van der Waals surface area contributed by atoms with Gasteiger partial charge in [0.2, 0.25) is 0 Å². The Kier molecular flexibility index (Phi) is 4.47. The van der Waals surface area contributed by atoms with Crippen molar-refractivity contribution in [3.05, 3.63) is 64.3 Å². The second-order valence-corrected chi connectivity index (χ2v) is 5.25. The third kappa shape index (κ3) is 3.35. The normalized spacial score (nSPS) is 10.7. The van der Waals surface area contributed by atoms with E-state index in [1.165, 1.54) is 36.4 Å². The highest BCUT2D eigenvalue weighted by atomic mass is 19.1. The average molecular weight is 344 g/mol. The van der Waals surface area contributed by atoms with Crippen molar-refractivity contribution in [3.8, 4) is 11.3 Å². The van der Waals surface area contributed by atoms with Gasteiger partial charge in [-0.1, -0.05) is 6.07 Å². The molecule has 0 fully saturated rings. The van der Waals surface area contributed by atoms with Crippen LogP contribution in [0.15, 0.2) is 47.3 Å². The van der Waals surface area contributed by atoms with Crippen LogP contribution in [0.25, 0.3) is 22.2 Å². The van der Waals surface area contributed by atoms with Gasteiger partial charge in [-0.25, -0.2) is 13.6 Å². The highest BCUT2D eigenvalue weighted by Crippen LogP contribution is 2.30. The van der Waals surface area contributed by atoms with E-state index in [0.29, 0.717) is 0 Å². The molecule has 0 saturated heterocycles. The number of aromatic nitrogens is 1. The molecular weight excluding hydrogens is 330 g/mol. The minimum absolute atomic E-state index is 0.0150. The van der Waals surface area contributed by atoms with Crippen molar-refractivity contribution in [1.29, 1.82) is 0 Å². The van der Waals surface area contributed by atoms with Crippen LogP contribution in [0.1, 0.15) is 6.92 Å². The van der Waals surface area contributed by atoms with Gasteiger partial charge in [-0.05, 0) is 37.3 Å². The number of hydrogen-bond donors (Lipinski definition) is 2. The van der Waals surface area contributed by atoms with E-state index in [1.54, 1.807) is 6.92 Å². The van der Waals surface area contributed by atoms with E-state index in [4.69, 9.17) is 4.74 Å². The third-order valence-electron chi connectivity index (χ3n) is 3.59. The molecule has 0 radical (unpaired) electrons. The standard InChI is InChI=1S/C18H14F2N2O3/c1-2-25-18(24)22-13-5-3-4-12(20)17(13)15-9-16(23)11-7-6-10(19)8-14(11)21-15/h3-9H,2H2,1H3,(H,21,23)(H,22,24). The summed E-state index contributed by atoms with van der Waals surface area (Å²) < 4.78 is 32.6. The Morgan fingerprint density at radius 2 is 2.00 bits per heavy atom. The summed E-state index contributed by atoms with van der Waals surface area (Å²) in [5, 5.41) is 2.71. The fourth-order valence-electron chi connectivity index (χ4n) is 2.54. The lowest BCUT2D eigenvalue weighted by atomic mass is 10.1. The summed E-state index contributed by atoms with van der Waals surface area (Å²) in [5.74, 6) is -1.18. The van der Waals surface area contributed by atoms with Crippen LogP contribution in [-0.4, -0.2) is 17.7 Å². The van der Waals surface area contributed by atoms with E-state index in [-0.39, 0.29) is 34.5 Å². The number of rotatable bonds is 3. The number of ether oxygens (including phenoxy) is 1. The molecule has 0 atom stereocenters. The van der Waals surface area contributed by atoms with Gasteiger partial charge in [0.05, 0.1) is 29.1 Å². The minimum atomic E-state index is -0.747. The predicted octanol–water partition coefficient (Wildman–Crippen LogP) is 4.04. The van der Waals surface area contributed by atoms with E-state index < -0.39 is 23.2 Å². The van der Waals surface area contributed by atoms with Gasteiger partial charge in [0.1, 0.15) is 11.6 Å². The molecule has 0 bridgehead atoms. The van der Waals surface area contributed by atoms with Crippen LogP contribution < -0.4 is 10.7 Å². The molecule has 25 heavy (non-hydrogen) atoms. The van der Waals surface area contributed by atoms with Crippen LogP contribution in [0.5, 0.6) is 0 Å². The Morgan fingerprint density at radius 1 is 1.20 bits per heavy atom. The quantitative estimate of drug-likeness (QED) is 0.753. The smallest absolute Gasteiger partial charge is 0.411 e. The Balaban J connectivity index is 2.17. The molecule has 5 nitrogen and oxygen atoms in total. The first-order valence-electron chi connectivity index (χ1n) is 7.55. The fourth-order valence-corrected chi connectivity index (χ4v) is 2.54. The Morgan fingerprint density at radius 3 is 2.76 bits per heavy atom. The summed E-state index contributed by atoms with van der Waals surface area (Å²) in [6.45, 7) is 1.80. The van der Waals surface area contributed by atoms with Gasteiger partial charge in [0, 0.05) is 11.5 Å². The number of aromatic amines is 1. The maximum absolute atomic E-state index is 14.4. The van der Waals surface area contributed by atoms with Crippen molar-refractivity contribution in [2.24, 2.45) is 0 Å². The summed E-state index contributed by atoms with van der Waals surface area (Å²) in [4.78, 5) is 26.7. The molecule has 0 spiro atoms. The van der Waals surface area contributed by atoms with Gasteiger partial charge in [-0.2, -0.15) is 0 Å². The number of hydrogen-bond acceptors (Lipinski definition) is 3. The molecule has 128 valence electrons. The highest BCUT2D eigenvalue weighted by Gasteiger charge is 2.16. The number of amides is 1. The Hall–Kier alpha value is -3.22. The molecule has 2 aromatic carbocycles. The molecule has 0 aliphatic carbocycles.